The summed E-state index contributed by atoms with van der Waals surface area (Å²) in [5.41, 5.74) is 5.84. The molecular weight excluding hydrogens is 236 g/mol. The summed E-state index contributed by atoms with van der Waals surface area (Å²) in [7, 11) is 0. The molecule has 96 valence electrons. The van der Waals surface area contributed by atoms with Crippen molar-refractivity contribution in [2.75, 3.05) is 0 Å². The summed E-state index contributed by atoms with van der Waals surface area (Å²) >= 11 is 0. The number of nitrogens with zero attached hydrogens (tertiary/aromatic N) is 2. The molecule has 1 aromatic carbocycles. The Balaban J connectivity index is 1.93. The highest BCUT2D eigenvalue weighted by Gasteiger charge is 2.50. The molecule has 0 aromatic heterocycles. The zero-order chi connectivity index (χ0) is 13.0. The molecular formula is C15H16N4. The molecule has 0 saturated heterocycles. The second-order valence-corrected chi connectivity index (χ2v) is 5.93. The Labute approximate surface area is 111 Å². The van der Waals surface area contributed by atoms with Gasteiger partial charge in [0.05, 0.1) is 5.69 Å². The maximum atomic E-state index is 8.16. The number of hydrogen-bond acceptors (Lipinski definition) is 3. The molecule has 2 unspecified atom stereocenters. The summed E-state index contributed by atoms with van der Waals surface area (Å²) in [6.45, 7) is 0. The summed E-state index contributed by atoms with van der Waals surface area (Å²) in [6.07, 6.45) is 6.62. The first-order chi connectivity index (χ1) is 9.23. The molecule has 1 spiro atoms. The van der Waals surface area contributed by atoms with E-state index in [1.165, 1.54) is 23.1 Å². The zero-order valence-corrected chi connectivity index (χ0v) is 10.7. The number of allylic oxidation sites excluding steroid dienone is 2. The van der Waals surface area contributed by atoms with Gasteiger partial charge in [-0.3, -0.25) is 0 Å². The Bertz CT molecular complexity index is 644. The van der Waals surface area contributed by atoms with Gasteiger partial charge in [-0.2, -0.15) is 0 Å². The zero-order valence-electron chi connectivity index (χ0n) is 10.7. The van der Waals surface area contributed by atoms with Crippen LogP contribution in [0.15, 0.2) is 34.6 Å². The molecule has 0 aliphatic heterocycles. The molecule has 3 N–H and O–H groups in total. The van der Waals surface area contributed by atoms with Gasteiger partial charge >= 0.3 is 0 Å². The summed E-state index contributed by atoms with van der Waals surface area (Å²) in [4.78, 5) is 0. The second-order valence-electron chi connectivity index (χ2n) is 5.93. The van der Waals surface area contributed by atoms with Crippen LogP contribution < -0.4 is 5.84 Å². The fourth-order valence-electron chi connectivity index (χ4n) is 4.19. The molecule has 3 aliphatic carbocycles. The lowest BCUT2D eigenvalue weighted by Gasteiger charge is -2.29. The molecule has 0 amide bonds. The van der Waals surface area contributed by atoms with Crippen LogP contribution in [-0.2, 0) is 6.42 Å². The molecule has 19 heavy (non-hydrogen) atoms. The Morgan fingerprint density at radius 2 is 2.26 bits per heavy atom. The molecule has 1 saturated carbocycles. The van der Waals surface area contributed by atoms with E-state index < -0.39 is 0 Å². The minimum absolute atomic E-state index is 0.262. The van der Waals surface area contributed by atoms with E-state index in [9.17, 15) is 0 Å². The van der Waals surface area contributed by atoms with Crippen LogP contribution in [0.4, 0.5) is 5.69 Å². The van der Waals surface area contributed by atoms with E-state index in [-0.39, 0.29) is 5.41 Å². The first kappa shape index (κ1) is 10.9. The quantitative estimate of drug-likeness (QED) is 0.448. The molecule has 4 heteroatoms. The van der Waals surface area contributed by atoms with Crippen molar-refractivity contribution in [3.05, 3.63) is 35.4 Å². The van der Waals surface area contributed by atoms with Gasteiger partial charge < -0.3 is 11.3 Å². The van der Waals surface area contributed by atoms with Crippen molar-refractivity contribution in [3.8, 4) is 0 Å². The summed E-state index contributed by atoms with van der Waals surface area (Å²) < 4.78 is 0. The highest BCUT2D eigenvalue weighted by molar-refractivity contribution is 6.05. The van der Waals surface area contributed by atoms with E-state index in [1.54, 1.807) is 0 Å². The average Bonchev–Trinajstić information content (AvgIpc) is 2.93. The average molecular weight is 252 g/mol. The molecule has 2 bridgehead atoms. The Hall–Kier alpha value is -1.97. The number of nitrogens with one attached hydrogen (secondary N) is 1. The molecule has 4 nitrogen and oxygen atoms in total. The third kappa shape index (κ3) is 1.31. The second kappa shape index (κ2) is 3.53. The Kier molecular flexibility index (Phi) is 2.03. The van der Waals surface area contributed by atoms with Gasteiger partial charge in [-0.1, -0.05) is 17.4 Å². The van der Waals surface area contributed by atoms with Crippen LogP contribution in [0.1, 0.15) is 30.4 Å². The van der Waals surface area contributed by atoms with Crippen molar-refractivity contribution < 1.29 is 0 Å². The highest BCUT2D eigenvalue weighted by atomic mass is 15.3. The van der Waals surface area contributed by atoms with E-state index in [0.29, 0.717) is 5.92 Å². The maximum absolute atomic E-state index is 8.16. The predicted molar refractivity (Wildman–Crippen MR) is 74.3 cm³/mol. The molecule has 0 radical (unpaired) electrons. The van der Waals surface area contributed by atoms with Crippen LogP contribution in [0.3, 0.4) is 0 Å². The van der Waals surface area contributed by atoms with Gasteiger partial charge in [0.15, 0.2) is 0 Å². The molecule has 1 fully saturated rings. The van der Waals surface area contributed by atoms with Gasteiger partial charge in [0.25, 0.3) is 0 Å². The molecule has 1 aromatic rings. The van der Waals surface area contributed by atoms with E-state index in [2.05, 4.69) is 22.5 Å². The van der Waals surface area contributed by atoms with Crippen LogP contribution >= 0.6 is 0 Å². The van der Waals surface area contributed by atoms with Crippen molar-refractivity contribution in [1.29, 1.82) is 5.41 Å². The number of hydrogen-bond donors (Lipinski definition) is 2. The fraction of sp³-hybridized carbons (Fsp3) is 0.400. The Morgan fingerprint density at radius 3 is 3.11 bits per heavy atom. The minimum Gasteiger partial charge on any atom is -0.305 e. The molecule has 3 aliphatic rings. The minimum atomic E-state index is 0.262. The van der Waals surface area contributed by atoms with E-state index in [0.717, 1.165) is 30.7 Å². The third-order valence-corrected chi connectivity index (χ3v) is 5.04. The number of rotatable bonds is 1. The summed E-state index contributed by atoms with van der Waals surface area (Å²) in [6, 6.07) is 6.13. The molecule has 4 rings (SSSR count). The number of fused-ring (bicyclic) bond motifs is 3. The van der Waals surface area contributed by atoms with Crippen LogP contribution in [0.25, 0.3) is 5.57 Å². The normalized spacial score (nSPS) is 31.5. The van der Waals surface area contributed by atoms with Gasteiger partial charge in [0.1, 0.15) is 0 Å². The van der Waals surface area contributed by atoms with Crippen LogP contribution in [0, 0.1) is 16.7 Å². The van der Waals surface area contributed by atoms with Gasteiger partial charge in [0.2, 0.25) is 0 Å². The van der Waals surface area contributed by atoms with Gasteiger partial charge in [0, 0.05) is 17.0 Å². The molecule has 0 heterocycles. The number of benzene rings is 1. The topological polar surface area (TPSA) is 74.6 Å². The van der Waals surface area contributed by atoms with Crippen LogP contribution in [-0.4, -0.2) is 5.71 Å². The predicted octanol–water partition coefficient (Wildman–Crippen LogP) is 3.40. The number of nitrogens with two attached hydrogens (primary N) is 1. The Morgan fingerprint density at radius 1 is 1.37 bits per heavy atom. The molecule has 2 atom stereocenters. The van der Waals surface area contributed by atoms with Gasteiger partial charge in [-0.25, -0.2) is 0 Å². The van der Waals surface area contributed by atoms with Gasteiger partial charge in [-0.15, -0.1) is 5.11 Å². The third-order valence-electron chi connectivity index (χ3n) is 5.04. The lowest BCUT2D eigenvalue weighted by Crippen LogP contribution is -2.23. The van der Waals surface area contributed by atoms with Crippen molar-refractivity contribution in [2.24, 2.45) is 27.5 Å². The first-order valence-corrected chi connectivity index (χ1v) is 6.77. The lowest BCUT2D eigenvalue weighted by molar-refractivity contribution is 0.418. The van der Waals surface area contributed by atoms with Gasteiger partial charge in [-0.05, 0) is 54.5 Å². The van der Waals surface area contributed by atoms with Crippen LogP contribution in [0.5, 0.6) is 0 Å². The van der Waals surface area contributed by atoms with Crippen LogP contribution in [0.2, 0.25) is 0 Å². The van der Waals surface area contributed by atoms with Crippen molar-refractivity contribution in [3.63, 3.8) is 0 Å². The summed E-state index contributed by atoms with van der Waals surface area (Å²) in [5.74, 6) is 5.68. The van der Waals surface area contributed by atoms with E-state index in [4.69, 9.17) is 11.3 Å². The first-order valence-electron chi connectivity index (χ1n) is 6.77. The highest BCUT2D eigenvalue weighted by Crippen LogP contribution is 2.61. The van der Waals surface area contributed by atoms with Crippen molar-refractivity contribution in [2.45, 2.75) is 25.7 Å². The van der Waals surface area contributed by atoms with Crippen molar-refractivity contribution >= 4 is 17.0 Å². The van der Waals surface area contributed by atoms with E-state index in [1.807, 2.05) is 12.1 Å². The standard InChI is InChI=1S/C15H16N4/c16-13-6-12-10-2-1-3-14(18-19-17)11(10)8-15(12)5-4-9(13)7-15/h1-3,6,9,16H,4-5,7-8H2,(H2,17,18). The summed E-state index contributed by atoms with van der Waals surface area (Å²) in [5, 5.41) is 15.7. The largest absolute Gasteiger partial charge is 0.305 e. The van der Waals surface area contributed by atoms with E-state index >= 15 is 0 Å². The SMILES string of the molecule is N=C1C=C2c3cccc(N=NN)c3CC23CCC1C3. The van der Waals surface area contributed by atoms with Crippen molar-refractivity contribution in [1.82, 2.24) is 0 Å². The fourth-order valence-corrected chi connectivity index (χ4v) is 4.19. The monoisotopic (exact) mass is 252 g/mol. The smallest absolute Gasteiger partial charge is 0.0912 e. The maximum Gasteiger partial charge on any atom is 0.0912 e. The lowest BCUT2D eigenvalue weighted by atomic mass is 9.74.